The van der Waals surface area contributed by atoms with Gasteiger partial charge in [0, 0.05) is 42.6 Å². The third kappa shape index (κ3) is 4.94. The Bertz CT molecular complexity index is 2010. The maximum atomic E-state index is 2.50. The van der Waals surface area contributed by atoms with E-state index in [0.717, 1.165) is 0 Å². The highest BCUT2D eigenvalue weighted by Crippen LogP contribution is 2.55. The van der Waals surface area contributed by atoms with Crippen LogP contribution in [0.15, 0.2) is 103 Å². The molecule has 1 heterocycles. The van der Waals surface area contributed by atoms with Crippen molar-refractivity contribution in [1.29, 1.82) is 0 Å². The molecule has 236 valence electrons. The highest BCUT2D eigenvalue weighted by Gasteiger charge is 2.38. The van der Waals surface area contributed by atoms with Gasteiger partial charge >= 0.3 is 0 Å². The Morgan fingerprint density at radius 2 is 1.13 bits per heavy atom. The molecule has 0 N–H and O–H groups in total. The first kappa shape index (κ1) is 29.3. The standard InChI is InChI=1S/C45H45NS/c1-45(2)39-27-28-42-44(38-15-9-10-16-41(38)47-42)43(39)37-26-25-36(29-40(37)45)46(34-21-17-32(18-22-34)30-11-5-3-6-12-30)35-23-19-33(20-24-35)31-13-7-4-8-14-31/h9-10,15-31H,3-8,11-14H2,1-2H3. The summed E-state index contributed by atoms with van der Waals surface area (Å²) in [7, 11) is 0. The molecule has 0 atom stereocenters. The molecule has 1 nitrogen and oxygen atoms in total. The van der Waals surface area contributed by atoms with Crippen LogP contribution in [0.1, 0.15) is 112 Å². The van der Waals surface area contributed by atoms with E-state index in [1.807, 2.05) is 11.3 Å². The molecule has 0 amide bonds. The number of rotatable bonds is 5. The highest BCUT2D eigenvalue weighted by molar-refractivity contribution is 7.26. The van der Waals surface area contributed by atoms with E-state index >= 15 is 0 Å². The van der Waals surface area contributed by atoms with Crippen molar-refractivity contribution < 1.29 is 0 Å². The van der Waals surface area contributed by atoms with E-state index in [2.05, 4.69) is 122 Å². The van der Waals surface area contributed by atoms with Crippen LogP contribution in [0.2, 0.25) is 0 Å². The third-order valence-electron chi connectivity index (χ3n) is 11.9. The van der Waals surface area contributed by atoms with Crippen LogP contribution in [0.25, 0.3) is 31.3 Å². The molecule has 47 heavy (non-hydrogen) atoms. The first-order valence-corrected chi connectivity index (χ1v) is 19.0. The summed E-state index contributed by atoms with van der Waals surface area (Å²) < 4.78 is 2.76. The van der Waals surface area contributed by atoms with E-state index in [0.29, 0.717) is 11.8 Å². The maximum Gasteiger partial charge on any atom is 0.0465 e. The minimum atomic E-state index is -0.0841. The predicted molar refractivity (Wildman–Crippen MR) is 203 cm³/mol. The van der Waals surface area contributed by atoms with Crippen molar-refractivity contribution in [2.24, 2.45) is 0 Å². The molecule has 3 aliphatic carbocycles. The molecule has 0 aliphatic heterocycles. The summed E-state index contributed by atoms with van der Waals surface area (Å²) in [6, 6.07) is 40.2. The molecule has 6 aromatic rings. The number of hydrogen-bond acceptors (Lipinski definition) is 2. The monoisotopic (exact) mass is 631 g/mol. The van der Waals surface area contributed by atoms with Crippen molar-refractivity contribution in [3.63, 3.8) is 0 Å². The second kappa shape index (κ2) is 11.7. The van der Waals surface area contributed by atoms with Crippen LogP contribution in [-0.2, 0) is 5.41 Å². The van der Waals surface area contributed by atoms with Crippen LogP contribution in [0.5, 0.6) is 0 Å². The molecule has 9 rings (SSSR count). The molecule has 5 aromatic carbocycles. The zero-order valence-electron chi connectivity index (χ0n) is 27.9. The van der Waals surface area contributed by atoms with Crippen molar-refractivity contribution in [2.75, 3.05) is 4.90 Å². The van der Waals surface area contributed by atoms with Gasteiger partial charge in [0.2, 0.25) is 0 Å². The van der Waals surface area contributed by atoms with Crippen LogP contribution in [-0.4, -0.2) is 0 Å². The summed E-state index contributed by atoms with van der Waals surface area (Å²) in [4.78, 5) is 2.50. The topological polar surface area (TPSA) is 3.24 Å². The number of thiophene rings is 1. The highest BCUT2D eigenvalue weighted by atomic mass is 32.1. The fraction of sp³-hybridized carbons (Fsp3) is 0.333. The van der Waals surface area contributed by atoms with E-state index in [1.165, 1.54) is 135 Å². The van der Waals surface area contributed by atoms with Crippen LogP contribution >= 0.6 is 11.3 Å². The normalized spacial score (nSPS) is 18.0. The average molecular weight is 632 g/mol. The molecule has 1 aromatic heterocycles. The van der Waals surface area contributed by atoms with E-state index in [-0.39, 0.29) is 5.41 Å². The Morgan fingerprint density at radius 1 is 0.553 bits per heavy atom. The van der Waals surface area contributed by atoms with Crippen molar-refractivity contribution in [3.8, 4) is 11.1 Å². The minimum absolute atomic E-state index is 0.0841. The van der Waals surface area contributed by atoms with Gasteiger partial charge in [0.1, 0.15) is 0 Å². The zero-order valence-corrected chi connectivity index (χ0v) is 28.7. The summed E-state index contributed by atoms with van der Waals surface area (Å²) in [5.74, 6) is 1.43. The zero-order chi connectivity index (χ0) is 31.5. The number of benzene rings is 5. The minimum Gasteiger partial charge on any atom is -0.310 e. The van der Waals surface area contributed by atoms with Crippen molar-refractivity contribution >= 4 is 48.6 Å². The van der Waals surface area contributed by atoms with Crippen molar-refractivity contribution in [3.05, 3.63) is 125 Å². The lowest BCUT2D eigenvalue weighted by atomic mass is 9.82. The Balaban J connectivity index is 1.16. The first-order chi connectivity index (χ1) is 23.1. The van der Waals surface area contributed by atoms with Gasteiger partial charge in [-0.3, -0.25) is 0 Å². The maximum absolute atomic E-state index is 2.50. The number of hydrogen-bond donors (Lipinski definition) is 0. The molecule has 3 aliphatic rings. The van der Waals surface area contributed by atoms with Gasteiger partial charge in [0.05, 0.1) is 0 Å². The Kier molecular flexibility index (Phi) is 7.27. The van der Waals surface area contributed by atoms with Gasteiger partial charge in [0.25, 0.3) is 0 Å². The Hall–Kier alpha value is -3.88. The lowest BCUT2D eigenvalue weighted by Crippen LogP contribution is -2.16. The van der Waals surface area contributed by atoms with E-state index in [1.54, 1.807) is 0 Å². The molecular weight excluding hydrogens is 587 g/mol. The third-order valence-corrected chi connectivity index (χ3v) is 13.0. The lowest BCUT2D eigenvalue weighted by Gasteiger charge is -2.29. The van der Waals surface area contributed by atoms with Crippen molar-refractivity contribution in [2.45, 2.75) is 95.3 Å². The Labute approximate surface area is 284 Å². The molecular formula is C45H45NS. The second-order valence-corrected chi connectivity index (χ2v) is 16.1. The average Bonchev–Trinajstić information content (AvgIpc) is 3.62. The summed E-state index contributed by atoms with van der Waals surface area (Å²) in [5, 5.41) is 2.81. The molecule has 0 bridgehead atoms. The summed E-state index contributed by atoms with van der Waals surface area (Å²) >= 11 is 1.92. The molecule has 2 heteroatoms. The van der Waals surface area contributed by atoms with E-state index in [9.17, 15) is 0 Å². The van der Waals surface area contributed by atoms with Gasteiger partial charge in [0.15, 0.2) is 0 Å². The van der Waals surface area contributed by atoms with Crippen LogP contribution in [0.3, 0.4) is 0 Å². The van der Waals surface area contributed by atoms with Crippen LogP contribution < -0.4 is 4.90 Å². The lowest BCUT2D eigenvalue weighted by molar-refractivity contribution is 0.443. The van der Waals surface area contributed by atoms with Gasteiger partial charge in [-0.05, 0) is 119 Å². The quantitative estimate of drug-likeness (QED) is 0.183. The molecule has 2 fully saturated rings. The van der Waals surface area contributed by atoms with Gasteiger partial charge in [-0.2, -0.15) is 0 Å². The molecule has 0 unspecified atom stereocenters. The Morgan fingerprint density at radius 3 is 1.74 bits per heavy atom. The largest absolute Gasteiger partial charge is 0.310 e. The van der Waals surface area contributed by atoms with Crippen LogP contribution in [0, 0.1) is 0 Å². The van der Waals surface area contributed by atoms with Gasteiger partial charge < -0.3 is 4.90 Å². The summed E-state index contributed by atoms with van der Waals surface area (Å²) in [6.07, 6.45) is 13.6. The first-order valence-electron chi connectivity index (χ1n) is 18.2. The fourth-order valence-electron chi connectivity index (χ4n) is 9.28. The SMILES string of the molecule is CC1(C)c2cc(N(c3ccc(C4CCCCC4)cc3)c3ccc(C4CCCCC4)cc3)ccc2-c2c1ccc1sc3ccccc3c21. The molecule has 2 saturated carbocycles. The summed E-state index contributed by atoms with van der Waals surface area (Å²) in [5.41, 5.74) is 12.4. The van der Waals surface area contributed by atoms with E-state index in [4.69, 9.17) is 0 Å². The fourth-order valence-corrected chi connectivity index (χ4v) is 10.4. The second-order valence-electron chi connectivity index (χ2n) is 15.0. The van der Waals surface area contributed by atoms with Crippen LogP contribution in [0.4, 0.5) is 17.1 Å². The van der Waals surface area contributed by atoms with Gasteiger partial charge in [-0.1, -0.05) is 107 Å². The van der Waals surface area contributed by atoms with Crippen molar-refractivity contribution in [1.82, 2.24) is 0 Å². The number of anilines is 3. The molecule has 0 spiro atoms. The number of fused-ring (bicyclic) bond motifs is 7. The summed E-state index contributed by atoms with van der Waals surface area (Å²) in [6.45, 7) is 4.84. The molecule has 0 radical (unpaired) electrons. The predicted octanol–water partition coefficient (Wildman–Crippen LogP) is 13.9. The molecule has 0 saturated heterocycles. The smallest absolute Gasteiger partial charge is 0.0465 e. The van der Waals surface area contributed by atoms with E-state index < -0.39 is 0 Å². The van der Waals surface area contributed by atoms with Gasteiger partial charge in [-0.25, -0.2) is 0 Å². The number of nitrogens with zero attached hydrogens (tertiary/aromatic N) is 1. The van der Waals surface area contributed by atoms with Gasteiger partial charge in [-0.15, -0.1) is 11.3 Å².